The normalized spacial score (nSPS) is 11.5. The Morgan fingerprint density at radius 2 is 2.00 bits per heavy atom. The van der Waals surface area contributed by atoms with Gasteiger partial charge in [0.05, 0.1) is 5.02 Å². The summed E-state index contributed by atoms with van der Waals surface area (Å²) in [6.07, 6.45) is 1.06. The highest BCUT2D eigenvalue weighted by atomic mass is 35.5. The van der Waals surface area contributed by atoms with Crippen molar-refractivity contribution in [1.29, 1.82) is 0 Å². The molecule has 0 fully saturated rings. The molecule has 0 saturated carbocycles. The molecule has 0 heterocycles. The van der Waals surface area contributed by atoms with Gasteiger partial charge in [0.1, 0.15) is 5.82 Å². The molecule has 0 atom stereocenters. The summed E-state index contributed by atoms with van der Waals surface area (Å²) in [4.78, 5) is 0. The maximum Gasteiger partial charge on any atom is 0.141 e. The molecule has 1 N–H and O–H groups in total. The van der Waals surface area contributed by atoms with Crippen LogP contribution in [0.2, 0.25) is 5.02 Å². The Hall–Kier alpha value is -0.760. The van der Waals surface area contributed by atoms with Crippen LogP contribution < -0.4 is 5.32 Å². The van der Waals surface area contributed by atoms with Gasteiger partial charge in [-0.05, 0) is 30.0 Å². The van der Waals surface area contributed by atoms with E-state index in [0.717, 1.165) is 18.7 Å². The van der Waals surface area contributed by atoms with E-state index in [1.165, 1.54) is 6.07 Å². The Labute approximate surface area is 95.6 Å². The van der Waals surface area contributed by atoms with E-state index in [1.807, 2.05) is 0 Å². The Morgan fingerprint density at radius 1 is 1.33 bits per heavy atom. The molecule has 84 valence electrons. The van der Waals surface area contributed by atoms with Crippen molar-refractivity contribution in [1.82, 2.24) is 0 Å². The molecule has 0 aliphatic carbocycles. The number of hydrogen-bond acceptors (Lipinski definition) is 1. The van der Waals surface area contributed by atoms with Crippen LogP contribution in [0.4, 0.5) is 10.1 Å². The lowest BCUT2D eigenvalue weighted by Gasteiger charge is -2.18. The zero-order valence-electron chi connectivity index (χ0n) is 9.40. The van der Waals surface area contributed by atoms with Crippen molar-refractivity contribution >= 4 is 17.3 Å². The summed E-state index contributed by atoms with van der Waals surface area (Å²) in [7, 11) is 0. The smallest absolute Gasteiger partial charge is 0.141 e. The monoisotopic (exact) mass is 229 g/mol. The molecule has 0 saturated heterocycles. The van der Waals surface area contributed by atoms with Crippen LogP contribution in [0.5, 0.6) is 0 Å². The van der Waals surface area contributed by atoms with E-state index in [2.05, 4.69) is 26.1 Å². The minimum Gasteiger partial charge on any atom is -0.385 e. The molecule has 0 amide bonds. The molecule has 1 aromatic carbocycles. The van der Waals surface area contributed by atoms with E-state index >= 15 is 0 Å². The topological polar surface area (TPSA) is 12.0 Å². The van der Waals surface area contributed by atoms with Crippen molar-refractivity contribution < 1.29 is 4.39 Å². The first kappa shape index (κ1) is 12.3. The van der Waals surface area contributed by atoms with Crippen molar-refractivity contribution in [3.05, 3.63) is 29.0 Å². The van der Waals surface area contributed by atoms with Crippen LogP contribution in [0.15, 0.2) is 18.2 Å². The summed E-state index contributed by atoms with van der Waals surface area (Å²) < 4.78 is 12.9. The van der Waals surface area contributed by atoms with E-state index in [-0.39, 0.29) is 10.8 Å². The SMILES string of the molecule is CC(C)(C)CCNc1ccc(F)c(Cl)c1. The summed E-state index contributed by atoms with van der Waals surface area (Å²) in [6, 6.07) is 4.69. The van der Waals surface area contributed by atoms with Crippen molar-refractivity contribution in [2.75, 3.05) is 11.9 Å². The van der Waals surface area contributed by atoms with Gasteiger partial charge in [0.2, 0.25) is 0 Å². The van der Waals surface area contributed by atoms with Crippen molar-refractivity contribution in [3.63, 3.8) is 0 Å². The molecular weight excluding hydrogens is 213 g/mol. The molecular formula is C12H17ClFN. The summed E-state index contributed by atoms with van der Waals surface area (Å²) in [5.41, 5.74) is 1.17. The molecule has 1 nitrogen and oxygen atoms in total. The van der Waals surface area contributed by atoms with Gasteiger partial charge in [0.25, 0.3) is 0 Å². The second kappa shape index (κ2) is 4.84. The molecule has 3 heteroatoms. The summed E-state index contributed by atoms with van der Waals surface area (Å²) in [5.74, 6) is -0.377. The van der Waals surface area contributed by atoms with E-state index in [0.29, 0.717) is 5.41 Å². The highest BCUT2D eigenvalue weighted by Gasteiger charge is 2.09. The van der Waals surface area contributed by atoms with Crippen molar-refractivity contribution in [3.8, 4) is 0 Å². The highest BCUT2D eigenvalue weighted by Crippen LogP contribution is 2.21. The molecule has 0 aromatic heterocycles. The summed E-state index contributed by atoms with van der Waals surface area (Å²) in [6.45, 7) is 7.43. The fourth-order valence-corrected chi connectivity index (χ4v) is 1.37. The summed E-state index contributed by atoms with van der Waals surface area (Å²) >= 11 is 5.67. The molecule has 1 aromatic rings. The number of anilines is 1. The average Bonchev–Trinajstić information content (AvgIpc) is 2.09. The third kappa shape index (κ3) is 4.52. The van der Waals surface area contributed by atoms with Gasteiger partial charge >= 0.3 is 0 Å². The van der Waals surface area contributed by atoms with Gasteiger partial charge in [-0.3, -0.25) is 0 Å². The Kier molecular flexibility index (Phi) is 3.97. The van der Waals surface area contributed by atoms with E-state index in [1.54, 1.807) is 12.1 Å². The van der Waals surface area contributed by atoms with Gasteiger partial charge in [-0.25, -0.2) is 4.39 Å². The second-order valence-corrected chi connectivity index (χ2v) is 5.27. The number of halogens is 2. The first-order valence-corrected chi connectivity index (χ1v) is 5.45. The first-order valence-electron chi connectivity index (χ1n) is 5.07. The molecule has 0 unspecified atom stereocenters. The van der Waals surface area contributed by atoms with Gasteiger partial charge in [-0.2, -0.15) is 0 Å². The minimum atomic E-state index is -0.377. The van der Waals surface area contributed by atoms with Gasteiger partial charge in [-0.15, -0.1) is 0 Å². The van der Waals surface area contributed by atoms with Gasteiger partial charge < -0.3 is 5.32 Å². The molecule has 0 spiro atoms. The number of benzene rings is 1. The molecule has 0 aliphatic rings. The van der Waals surface area contributed by atoms with Crippen LogP contribution in [0.1, 0.15) is 27.2 Å². The lowest BCUT2D eigenvalue weighted by Crippen LogP contribution is -2.12. The molecule has 15 heavy (non-hydrogen) atoms. The number of rotatable bonds is 3. The van der Waals surface area contributed by atoms with Crippen LogP contribution >= 0.6 is 11.6 Å². The maximum absolute atomic E-state index is 12.9. The number of nitrogens with one attached hydrogen (secondary N) is 1. The third-order valence-electron chi connectivity index (χ3n) is 2.12. The van der Waals surface area contributed by atoms with Crippen LogP contribution in [0.25, 0.3) is 0 Å². The molecule has 1 rings (SSSR count). The van der Waals surface area contributed by atoms with Gasteiger partial charge in [-0.1, -0.05) is 32.4 Å². The zero-order chi connectivity index (χ0) is 11.5. The van der Waals surface area contributed by atoms with E-state index < -0.39 is 0 Å². The van der Waals surface area contributed by atoms with Crippen molar-refractivity contribution in [2.45, 2.75) is 27.2 Å². The van der Waals surface area contributed by atoms with Crippen LogP contribution in [-0.2, 0) is 0 Å². The van der Waals surface area contributed by atoms with Gasteiger partial charge in [0, 0.05) is 12.2 Å². The molecule has 0 bridgehead atoms. The quantitative estimate of drug-likeness (QED) is 0.814. The lowest BCUT2D eigenvalue weighted by atomic mass is 9.92. The average molecular weight is 230 g/mol. The molecule has 0 aliphatic heterocycles. The molecule has 0 radical (unpaired) electrons. The third-order valence-corrected chi connectivity index (χ3v) is 2.41. The van der Waals surface area contributed by atoms with E-state index in [4.69, 9.17) is 11.6 Å². The van der Waals surface area contributed by atoms with Crippen LogP contribution in [-0.4, -0.2) is 6.54 Å². The first-order chi connectivity index (χ1) is 6.88. The van der Waals surface area contributed by atoms with E-state index in [9.17, 15) is 4.39 Å². The fraction of sp³-hybridized carbons (Fsp3) is 0.500. The summed E-state index contributed by atoms with van der Waals surface area (Å²) in [5, 5.41) is 3.38. The Bertz CT molecular complexity index is 331. The zero-order valence-corrected chi connectivity index (χ0v) is 10.2. The Morgan fingerprint density at radius 3 is 2.53 bits per heavy atom. The van der Waals surface area contributed by atoms with Crippen LogP contribution in [0, 0.1) is 11.2 Å². The highest BCUT2D eigenvalue weighted by molar-refractivity contribution is 6.31. The lowest BCUT2D eigenvalue weighted by molar-refractivity contribution is 0.390. The predicted octanol–water partition coefficient (Wildman–Crippen LogP) is 4.33. The Balaban J connectivity index is 2.48. The van der Waals surface area contributed by atoms with Gasteiger partial charge in [0.15, 0.2) is 0 Å². The fourth-order valence-electron chi connectivity index (χ4n) is 1.19. The predicted molar refractivity (Wildman–Crippen MR) is 64.0 cm³/mol. The maximum atomic E-state index is 12.9. The number of hydrogen-bond donors (Lipinski definition) is 1. The van der Waals surface area contributed by atoms with Crippen LogP contribution in [0.3, 0.4) is 0 Å². The van der Waals surface area contributed by atoms with Crippen molar-refractivity contribution in [2.24, 2.45) is 5.41 Å². The second-order valence-electron chi connectivity index (χ2n) is 4.87. The minimum absolute atomic E-state index is 0.163. The standard InChI is InChI=1S/C12H17ClFN/c1-12(2,3)6-7-15-9-4-5-11(14)10(13)8-9/h4-5,8,15H,6-7H2,1-3H3. The largest absolute Gasteiger partial charge is 0.385 e.